The molecule has 0 bridgehead atoms. The molecule has 0 aliphatic rings. The fourth-order valence-corrected chi connectivity index (χ4v) is 1.77. The molecule has 0 saturated heterocycles. The summed E-state index contributed by atoms with van der Waals surface area (Å²) in [7, 11) is 0. The van der Waals surface area contributed by atoms with E-state index in [-0.39, 0.29) is 0 Å². The molecule has 1 aromatic heterocycles. The maximum absolute atomic E-state index is 5.49. The van der Waals surface area contributed by atoms with E-state index in [0.717, 1.165) is 25.2 Å². The second-order valence-electron chi connectivity index (χ2n) is 4.13. The van der Waals surface area contributed by atoms with Gasteiger partial charge in [0, 0.05) is 13.0 Å². The van der Waals surface area contributed by atoms with Gasteiger partial charge in [0.1, 0.15) is 0 Å². The molecule has 2 aromatic rings. The first kappa shape index (κ1) is 11.7. The van der Waals surface area contributed by atoms with Crippen molar-refractivity contribution in [3.63, 3.8) is 0 Å². The SMILES string of the molecule is Cc1cccc(Cc2nnnn2CCCN)c1. The van der Waals surface area contributed by atoms with E-state index in [1.165, 1.54) is 11.1 Å². The second kappa shape index (κ2) is 5.54. The molecule has 17 heavy (non-hydrogen) atoms. The summed E-state index contributed by atoms with van der Waals surface area (Å²) in [4.78, 5) is 0. The Kier molecular flexibility index (Phi) is 3.82. The molecule has 5 nitrogen and oxygen atoms in total. The number of nitrogens with zero attached hydrogens (tertiary/aromatic N) is 4. The molecule has 2 N–H and O–H groups in total. The van der Waals surface area contributed by atoms with Gasteiger partial charge in [-0.1, -0.05) is 29.8 Å². The third-order valence-corrected chi connectivity index (χ3v) is 2.62. The summed E-state index contributed by atoms with van der Waals surface area (Å²) in [6, 6.07) is 8.39. The smallest absolute Gasteiger partial charge is 0.155 e. The Hall–Kier alpha value is -1.75. The lowest BCUT2D eigenvalue weighted by Crippen LogP contribution is -2.10. The Labute approximate surface area is 101 Å². The van der Waals surface area contributed by atoms with Crippen LogP contribution in [0.2, 0.25) is 0 Å². The van der Waals surface area contributed by atoms with Gasteiger partial charge in [0.15, 0.2) is 5.82 Å². The third kappa shape index (κ3) is 3.10. The molecule has 1 aromatic carbocycles. The van der Waals surface area contributed by atoms with Gasteiger partial charge < -0.3 is 5.73 Å². The summed E-state index contributed by atoms with van der Waals surface area (Å²) in [5.41, 5.74) is 7.97. The summed E-state index contributed by atoms with van der Waals surface area (Å²) < 4.78 is 1.83. The molecule has 0 aliphatic heterocycles. The molecule has 1 heterocycles. The number of hydrogen-bond acceptors (Lipinski definition) is 4. The van der Waals surface area contributed by atoms with Crippen molar-refractivity contribution in [2.75, 3.05) is 6.54 Å². The van der Waals surface area contributed by atoms with Crippen LogP contribution >= 0.6 is 0 Å². The fourth-order valence-electron chi connectivity index (χ4n) is 1.77. The van der Waals surface area contributed by atoms with Gasteiger partial charge in [-0.25, -0.2) is 4.68 Å². The van der Waals surface area contributed by atoms with Crippen LogP contribution in [-0.4, -0.2) is 26.8 Å². The van der Waals surface area contributed by atoms with Crippen LogP contribution in [0.3, 0.4) is 0 Å². The zero-order valence-corrected chi connectivity index (χ0v) is 10.0. The van der Waals surface area contributed by atoms with Gasteiger partial charge >= 0.3 is 0 Å². The van der Waals surface area contributed by atoms with Crippen LogP contribution in [0.4, 0.5) is 0 Å². The van der Waals surface area contributed by atoms with Crippen molar-refractivity contribution in [2.45, 2.75) is 26.3 Å². The Morgan fingerprint density at radius 2 is 2.24 bits per heavy atom. The van der Waals surface area contributed by atoms with E-state index in [0.29, 0.717) is 6.54 Å². The van der Waals surface area contributed by atoms with Gasteiger partial charge in [-0.05, 0) is 35.9 Å². The van der Waals surface area contributed by atoms with Crippen LogP contribution < -0.4 is 5.73 Å². The van der Waals surface area contributed by atoms with Gasteiger partial charge in [-0.15, -0.1) is 5.10 Å². The molecular weight excluding hydrogens is 214 g/mol. The summed E-state index contributed by atoms with van der Waals surface area (Å²) in [5, 5.41) is 11.7. The van der Waals surface area contributed by atoms with Gasteiger partial charge in [-0.2, -0.15) is 0 Å². The molecule has 0 aliphatic carbocycles. The van der Waals surface area contributed by atoms with Crippen molar-refractivity contribution in [3.05, 3.63) is 41.2 Å². The molecule has 5 heteroatoms. The molecule has 0 atom stereocenters. The van der Waals surface area contributed by atoms with Crippen LogP contribution in [0.25, 0.3) is 0 Å². The molecule has 0 radical (unpaired) electrons. The number of nitrogens with two attached hydrogens (primary N) is 1. The predicted molar refractivity (Wildman–Crippen MR) is 65.5 cm³/mol. The van der Waals surface area contributed by atoms with E-state index in [1.807, 2.05) is 4.68 Å². The largest absolute Gasteiger partial charge is 0.330 e. The number of benzene rings is 1. The van der Waals surface area contributed by atoms with Crippen LogP contribution in [0.1, 0.15) is 23.4 Å². The first-order valence-electron chi connectivity index (χ1n) is 5.80. The molecular formula is C12H17N5. The summed E-state index contributed by atoms with van der Waals surface area (Å²) >= 11 is 0. The van der Waals surface area contributed by atoms with Crippen molar-refractivity contribution in [1.29, 1.82) is 0 Å². The Morgan fingerprint density at radius 1 is 1.35 bits per heavy atom. The van der Waals surface area contributed by atoms with Gasteiger partial charge in [0.05, 0.1) is 0 Å². The molecule has 0 unspecified atom stereocenters. The lowest BCUT2D eigenvalue weighted by atomic mass is 10.1. The van der Waals surface area contributed by atoms with E-state index in [9.17, 15) is 0 Å². The summed E-state index contributed by atoms with van der Waals surface area (Å²) in [6.07, 6.45) is 1.66. The molecule has 0 saturated carbocycles. The zero-order chi connectivity index (χ0) is 12.1. The zero-order valence-electron chi connectivity index (χ0n) is 10.0. The normalized spacial score (nSPS) is 10.7. The van der Waals surface area contributed by atoms with E-state index in [2.05, 4.69) is 46.7 Å². The van der Waals surface area contributed by atoms with E-state index < -0.39 is 0 Å². The maximum Gasteiger partial charge on any atom is 0.155 e. The van der Waals surface area contributed by atoms with Crippen LogP contribution in [-0.2, 0) is 13.0 Å². The quantitative estimate of drug-likeness (QED) is 0.830. The first-order valence-corrected chi connectivity index (χ1v) is 5.80. The molecule has 2 rings (SSSR count). The standard InChI is InChI=1S/C12H17N5/c1-10-4-2-5-11(8-10)9-12-14-15-16-17(12)7-3-6-13/h2,4-5,8H,3,6-7,9,13H2,1H3. The van der Waals surface area contributed by atoms with E-state index >= 15 is 0 Å². The lowest BCUT2D eigenvalue weighted by Gasteiger charge is -2.04. The number of rotatable bonds is 5. The van der Waals surface area contributed by atoms with Gasteiger partial charge in [0.2, 0.25) is 0 Å². The average molecular weight is 231 g/mol. The van der Waals surface area contributed by atoms with Crippen molar-refractivity contribution in [2.24, 2.45) is 5.73 Å². The van der Waals surface area contributed by atoms with Crippen LogP contribution in [0, 0.1) is 6.92 Å². The predicted octanol–water partition coefficient (Wildman–Crippen LogP) is 0.921. The average Bonchev–Trinajstić information content (AvgIpc) is 2.74. The highest BCUT2D eigenvalue weighted by Gasteiger charge is 2.06. The number of aromatic nitrogens is 4. The van der Waals surface area contributed by atoms with Crippen molar-refractivity contribution in [1.82, 2.24) is 20.2 Å². The highest BCUT2D eigenvalue weighted by atomic mass is 15.5. The van der Waals surface area contributed by atoms with E-state index in [1.54, 1.807) is 0 Å². The minimum absolute atomic E-state index is 0.656. The monoisotopic (exact) mass is 231 g/mol. The molecule has 0 fully saturated rings. The third-order valence-electron chi connectivity index (χ3n) is 2.62. The summed E-state index contributed by atoms with van der Waals surface area (Å²) in [5.74, 6) is 0.893. The first-order chi connectivity index (χ1) is 8.29. The maximum atomic E-state index is 5.49. The Balaban J connectivity index is 2.10. The van der Waals surface area contributed by atoms with Crippen molar-refractivity contribution in [3.8, 4) is 0 Å². The van der Waals surface area contributed by atoms with Crippen molar-refractivity contribution >= 4 is 0 Å². The molecule has 0 amide bonds. The lowest BCUT2D eigenvalue weighted by molar-refractivity contribution is 0.547. The second-order valence-corrected chi connectivity index (χ2v) is 4.13. The minimum Gasteiger partial charge on any atom is -0.330 e. The number of tetrazole rings is 1. The minimum atomic E-state index is 0.656. The highest BCUT2D eigenvalue weighted by molar-refractivity contribution is 5.24. The molecule has 90 valence electrons. The van der Waals surface area contributed by atoms with Gasteiger partial charge in [-0.3, -0.25) is 0 Å². The Morgan fingerprint density at radius 3 is 3.00 bits per heavy atom. The Bertz CT molecular complexity index is 477. The van der Waals surface area contributed by atoms with E-state index in [4.69, 9.17) is 5.73 Å². The fraction of sp³-hybridized carbons (Fsp3) is 0.417. The van der Waals surface area contributed by atoms with Crippen LogP contribution in [0.15, 0.2) is 24.3 Å². The van der Waals surface area contributed by atoms with Crippen molar-refractivity contribution < 1.29 is 0 Å². The molecule has 0 spiro atoms. The number of hydrogen-bond donors (Lipinski definition) is 1. The topological polar surface area (TPSA) is 69.6 Å². The summed E-state index contributed by atoms with van der Waals surface area (Å²) in [6.45, 7) is 3.52. The van der Waals surface area contributed by atoms with Crippen LogP contribution in [0.5, 0.6) is 0 Å². The highest BCUT2D eigenvalue weighted by Crippen LogP contribution is 2.08. The van der Waals surface area contributed by atoms with Gasteiger partial charge in [0.25, 0.3) is 0 Å². The number of aryl methyl sites for hydroxylation is 2.